The van der Waals surface area contributed by atoms with Gasteiger partial charge in [0, 0.05) is 30.9 Å². The second-order valence-corrected chi connectivity index (χ2v) is 6.94. The van der Waals surface area contributed by atoms with Crippen LogP contribution in [0.2, 0.25) is 0 Å². The summed E-state index contributed by atoms with van der Waals surface area (Å²) >= 11 is 0. The first-order valence-electron chi connectivity index (χ1n) is 9.29. The predicted octanol–water partition coefficient (Wildman–Crippen LogP) is 2.81. The summed E-state index contributed by atoms with van der Waals surface area (Å²) in [6.45, 7) is 4.20. The van der Waals surface area contributed by atoms with Gasteiger partial charge in [0.1, 0.15) is 6.04 Å². The van der Waals surface area contributed by atoms with Crippen molar-refractivity contribution < 1.29 is 9.59 Å². The van der Waals surface area contributed by atoms with Crippen LogP contribution in [-0.4, -0.2) is 31.1 Å². The number of anilines is 2. The third kappa shape index (κ3) is 5.00. The lowest BCUT2D eigenvalue weighted by atomic mass is 10.0. The molecule has 1 aliphatic heterocycles. The number of aryl methyl sites for hydroxylation is 1. The summed E-state index contributed by atoms with van der Waals surface area (Å²) in [5.74, 6) is -0.286. The second kappa shape index (κ2) is 8.58. The van der Waals surface area contributed by atoms with E-state index >= 15 is 0 Å². The van der Waals surface area contributed by atoms with Gasteiger partial charge in [-0.25, -0.2) is 4.79 Å². The standard InChI is InChI=1S/C21H26N4O2/c1-15-13-17(9-10-19(15)25-11-5-6-12-25)23-20(26)18(24-21(22)27)14-16-7-3-2-4-8-16/h2-4,7-10,13,18H,5-6,11-12,14H2,1H3,(H,23,26)(H3,22,24,27)/t18-/m0/s1. The van der Waals surface area contributed by atoms with Gasteiger partial charge in [0.2, 0.25) is 5.91 Å². The van der Waals surface area contributed by atoms with Crippen molar-refractivity contribution in [3.63, 3.8) is 0 Å². The second-order valence-electron chi connectivity index (χ2n) is 6.94. The van der Waals surface area contributed by atoms with Crippen LogP contribution in [0.1, 0.15) is 24.0 Å². The fraction of sp³-hybridized carbons (Fsp3) is 0.333. The molecule has 0 spiro atoms. The van der Waals surface area contributed by atoms with Crippen LogP contribution in [0.4, 0.5) is 16.2 Å². The summed E-state index contributed by atoms with van der Waals surface area (Å²) in [4.78, 5) is 26.4. The molecule has 6 nitrogen and oxygen atoms in total. The molecule has 142 valence electrons. The maximum absolute atomic E-state index is 12.7. The van der Waals surface area contributed by atoms with Gasteiger partial charge < -0.3 is 21.3 Å². The number of benzene rings is 2. The molecule has 4 N–H and O–H groups in total. The van der Waals surface area contributed by atoms with Crippen LogP contribution in [0.15, 0.2) is 48.5 Å². The van der Waals surface area contributed by atoms with E-state index in [0.29, 0.717) is 12.1 Å². The monoisotopic (exact) mass is 366 g/mol. The molecule has 27 heavy (non-hydrogen) atoms. The van der Waals surface area contributed by atoms with E-state index < -0.39 is 12.1 Å². The molecule has 0 aliphatic carbocycles. The number of carbonyl (C=O) groups is 2. The Bertz CT molecular complexity index is 801. The van der Waals surface area contributed by atoms with Crippen molar-refractivity contribution in [1.29, 1.82) is 0 Å². The smallest absolute Gasteiger partial charge is 0.312 e. The number of carbonyl (C=O) groups excluding carboxylic acids is 2. The van der Waals surface area contributed by atoms with Crippen molar-refractivity contribution in [2.24, 2.45) is 5.73 Å². The maximum Gasteiger partial charge on any atom is 0.312 e. The largest absolute Gasteiger partial charge is 0.371 e. The first-order chi connectivity index (χ1) is 13.0. The first kappa shape index (κ1) is 18.8. The van der Waals surface area contributed by atoms with Crippen LogP contribution in [0.5, 0.6) is 0 Å². The summed E-state index contributed by atoms with van der Waals surface area (Å²) in [5, 5.41) is 5.44. The Kier molecular flexibility index (Phi) is 5.96. The lowest BCUT2D eigenvalue weighted by Crippen LogP contribution is -2.47. The molecule has 6 heteroatoms. The number of urea groups is 1. The van der Waals surface area contributed by atoms with Crippen molar-refractivity contribution in [3.8, 4) is 0 Å². The van der Waals surface area contributed by atoms with Crippen molar-refractivity contribution >= 4 is 23.3 Å². The van der Waals surface area contributed by atoms with Crippen molar-refractivity contribution in [3.05, 3.63) is 59.7 Å². The summed E-state index contributed by atoms with van der Waals surface area (Å²) < 4.78 is 0. The Balaban J connectivity index is 1.70. The van der Waals surface area contributed by atoms with E-state index in [4.69, 9.17) is 5.73 Å². The van der Waals surface area contributed by atoms with E-state index in [2.05, 4.69) is 15.5 Å². The number of amides is 3. The highest BCUT2D eigenvalue weighted by Crippen LogP contribution is 2.26. The minimum Gasteiger partial charge on any atom is -0.371 e. The predicted molar refractivity (Wildman–Crippen MR) is 108 cm³/mol. The molecule has 1 aliphatic rings. The SMILES string of the molecule is Cc1cc(NC(=O)[C@H](Cc2ccccc2)NC(N)=O)ccc1N1CCCC1. The highest BCUT2D eigenvalue weighted by molar-refractivity contribution is 5.97. The van der Waals surface area contributed by atoms with Crippen molar-refractivity contribution in [2.75, 3.05) is 23.3 Å². The van der Waals surface area contributed by atoms with Crippen LogP contribution in [-0.2, 0) is 11.2 Å². The molecule has 3 amide bonds. The van der Waals surface area contributed by atoms with E-state index in [-0.39, 0.29) is 5.91 Å². The summed E-state index contributed by atoms with van der Waals surface area (Å²) in [7, 11) is 0. The molecule has 3 rings (SSSR count). The Morgan fingerprint density at radius 1 is 1.11 bits per heavy atom. The normalized spacial score (nSPS) is 14.6. The van der Waals surface area contributed by atoms with Crippen molar-refractivity contribution in [2.45, 2.75) is 32.2 Å². The average molecular weight is 366 g/mol. The molecule has 0 saturated carbocycles. The highest BCUT2D eigenvalue weighted by Gasteiger charge is 2.21. The molecular formula is C21H26N4O2. The third-order valence-electron chi connectivity index (χ3n) is 4.83. The number of hydrogen-bond donors (Lipinski definition) is 3. The highest BCUT2D eigenvalue weighted by atomic mass is 16.2. The Morgan fingerprint density at radius 3 is 2.44 bits per heavy atom. The number of nitrogens with two attached hydrogens (primary N) is 1. The molecular weight excluding hydrogens is 340 g/mol. The van der Waals surface area contributed by atoms with Gasteiger partial charge in [0.15, 0.2) is 0 Å². The van der Waals surface area contributed by atoms with Gasteiger partial charge in [-0.2, -0.15) is 0 Å². The zero-order chi connectivity index (χ0) is 19.2. The van der Waals surface area contributed by atoms with Crippen LogP contribution in [0.25, 0.3) is 0 Å². The average Bonchev–Trinajstić information content (AvgIpc) is 3.16. The van der Waals surface area contributed by atoms with Gasteiger partial charge in [-0.05, 0) is 49.1 Å². The topological polar surface area (TPSA) is 87.5 Å². The van der Waals surface area contributed by atoms with Crippen LogP contribution in [0, 0.1) is 6.92 Å². The van der Waals surface area contributed by atoms with E-state index in [1.165, 1.54) is 18.5 Å². The zero-order valence-electron chi connectivity index (χ0n) is 15.6. The third-order valence-corrected chi connectivity index (χ3v) is 4.83. The molecule has 0 unspecified atom stereocenters. The first-order valence-corrected chi connectivity index (χ1v) is 9.29. The van der Waals surface area contributed by atoms with Gasteiger partial charge in [-0.3, -0.25) is 4.79 Å². The van der Waals surface area contributed by atoms with Gasteiger partial charge in [-0.1, -0.05) is 30.3 Å². The van der Waals surface area contributed by atoms with Crippen LogP contribution in [0.3, 0.4) is 0 Å². The van der Waals surface area contributed by atoms with Crippen LogP contribution < -0.4 is 21.3 Å². The number of nitrogens with one attached hydrogen (secondary N) is 2. The molecule has 1 fully saturated rings. The molecule has 2 aromatic carbocycles. The lowest BCUT2D eigenvalue weighted by molar-refractivity contribution is -0.117. The van der Waals surface area contributed by atoms with E-state index in [0.717, 1.165) is 24.2 Å². The summed E-state index contributed by atoms with van der Waals surface area (Å²) in [5.41, 5.74) is 9.25. The summed E-state index contributed by atoms with van der Waals surface area (Å²) in [6, 6.07) is 14.0. The maximum atomic E-state index is 12.7. The Morgan fingerprint density at radius 2 is 1.81 bits per heavy atom. The molecule has 1 atom stereocenters. The van der Waals surface area contributed by atoms with E-state index in [9.17, 15) is 9.59 Å². The fourth-order valence-corrected chi connectivity index (χ4v) is 3.51. The van der Waals surface area contributed by atoms with Crippen LogP contribution >= 0.6 is 0 Å². The Labute approximate surface area is 159 Å². The van der Waals surface area contributed by atoms with E-state index in [1.54, 1.807) is 0 Å². The molecule has 0 bridgehead atoms. The lowest BCUT2D eigenvalue weighted by Gasteiger charge is -2.21. The van der Waals surface area contributed by atoms with Crippen molar-refractivity contribution in [1.82, 2.24) is 5.32 Å². The number of hydrogen-bond acceptors (Lipinski definition) is 3. The molecule has 2 aromatic rings. The molecule has 0 radical (unpaired) electrons. The zero-order valence-corrected chi connectivity index (χ0v) is 15.6. The van der Waals surface area contributed by atoms with Gasteiger partial charge >= 0.3 is 6.03 Å². The summed E-state index contributed by atoms with van der Waals surface area (Å²) in [6.07, 6.45) is 2.82. The van der Waals surface area contributed by atoms with E-state index in [1.807, 2.05) is 55.5 Å². The number of primary amides is 1. The number of rotatable bonds is 6. The Hall–Kier alpha value is -3.02. The minimum absolute atomic E-state index is 0.286. The quantitative estimate of drug-likeness (QED) is 0.735. The molecule has 0 aromatic heterocycles. The van der Waals surface area contributed by atoms with Gasteiger partial charge in [0.05, 0.1) is 0 Å². The fourth-order valence-electron chi connectivity index (χ4n) is 3.51. The molecule has 1 saturated heterocycles. The minimum atomic E-state index is -0.733. The van der Waals surface area contributed by atoms with Gasteiger partial charge in [0.25, 0.3) is 0 Å². The molecule has 1 heterocycles. The number of nitrogens with zero attached hydrogens (tertiary/aromatic N) is 1. The van der Waals surface area contributed by atoms with Gasteiger partial charge in [-0.15, -0.1) is 0 Å².